The number of alkyl halides is 2. The molecule has 0 spiro atoms. The minimum atomic E-state index is -2.93. The Morgan fingerprint density at radius 2 is 1.75 bits per heavy atom. The lowest BCUT2D eigenvalue weighted by atomic mass is 9.82. The van der Waals surface area contributed by atoms with Crippen molar-refractivity contribution in [3.05, 3.63) is 88.3 Å². The van der Waals surface area contributed by atoms with Gasteiger partial charge in [-0.2, -0.15) is 0 Å². The number of methoxy groups -OCH3 is 2. The smallest absolute Gasteiger partial charge is 0.311 e. The zero-order valence-corrected chi connectivity index (χ0v) is 30.6. The fraction of sp³-hybridized carbons (Fsp3) is 0.350. The standard InChI is InChI=1S/C40H39ClF2N6O4/c1-23-26(7-6-10-29(23)45-35-33-31(17-24(20-50)18-44-33)46-36(48-35)34(42)43)27-8-5-9-28(32(27)41)30-12-11-25(37(47-30)52-3)19-49(2)22-39-13-15-40(21-39,16-14-39)38(51)53-4/h5-12,17-18,20,34H,13-16,19,21-22H2,1-4H3,(H,45,46,48). The molecule has 0 radical (unpaired) electrons. The third kappa shape index (κ3) is 6.81. The highest BCUT2D eigenvalue weighted by Crippen LogP contribution is 2.62. The third-order valence-electron chi connectivity index (χ3n) is 10.8. The number of hydrogen-bond donors (Lipinski definition) is 1. The zero-order valence-electron chi connectivity index (χ0n) is 29.9. The molecule has 2 saturated carbocycles. The normalized spacial score (nSPS) is 19.3. The third-order valence-corrected chi connectivity index (χ3v) is 11.2. The molecule has 2 aromatic carbocycles. The van der Waals surface area contributed by atoms with E-state index in [-0.39, 0.29) is 39.2 Å². The van der Waals surface area contributed by atoms with Gasteiger partial charge in [0.25, 0.3) is 6.43 Å². The molecule has 13 heteroatoms. The number of fused-ring (bicyclic) bond motifs is 3. The Morgan fingerprint density at radius 3 is 2.47 bits per heavy atom. The van der Waals surface area contributed by atoms with Crippen LogP contribution in [0.3, 0.4) is 0 Å². The van der Waals surface area contributed by atoms with Gasteiger partial charge in [-0.25, -0.2) is 28.7 Å². The first kappa shape index (κ1) is 36.3. The molecule has 274 valence electrons. The number of halogens is 3. The van der Waals surface area contributed by atoms with E-state index in [1.54, 1.807) is 7.11 Å². The number of anilines is 2. The van der Waals surface area contributed by atoms with Crippen LogP contribution in [0.5, 0.6) is 5.88 Å². The second-order valence-corrected chi connectivity index (χ2v) is 14.6. The van der Waals surface area contributed by atoms with Crippen molar-refractivity contribution < 1.29 is 27.8 Å². The van der Waals surface area contributed by atoms with E-state index in [0.717, 1.165) is 60.9 Å². The Hall–Kier alpha value is -5.07. The van der Waals surface area contributed by atoms with Crippen LogP contribution in [0, 0.1) is 17.8 Å². The molecule has 10 nitrogen and oxygen atoms in total. The molecule has 0 amide bonds. The highest BCUT2D eigenvalue weighted by molar-refractivity contribution is 6.36. The number of nitrogens with one attached hydrogen (secondary N) is 1. The van der Waals surface area contributed by atoms with Crippen molar-refractivity contribution in [1.29, 1.82) is 0 Å². The lowest BCUT2D eigenvalue weighted by molar-refractivity contribution is -0.152. The van der Waals surface area contributed by atoms with Crippen molar-refractivity contribution in [1.82, 2.24) is 24.8 Å². The molecule has 1 N–H and O–H groups in total. The number of aldehydes is 1. The van der Waals surface area contributed by atoms with E-state index in [2.05, 4.69) is 32.2 Å². The number of benzene rings is 2. The van der Waals surface area contributed by atoms with E-state index in [9.17, 15) is 18.4 Å². The molecule has 0 atom stereocenters. The number of rotatable bonds is 12. The van der Waals surface area contributed by atoms with Gasteiger partial charge in [-0.3, -0.25) is 9.59 Å². The molecule has 2 fully saturated rings. The van der Waals surface area contributed by atoms with Gasteiger partial charge < -0.3 is 19.7 Å². The number of esters is 1. The number of nitrogens with zero attached hydrogens (tertiary/aromatic N) is 5. The molecule has 2 aliphatic carbocycles. The average molecular weight is 741 g/mol. The summed E-state index contributed by atoms with van der Waals surface area (Å²) in [6, 6.07) is 16.7. The van der Waals surface area contributed by atoms with Gasteiger partial charge in [0, 0.05) is 47.2 Å². The summed E-state index contributed by atoms with van der Waals surface area (Å²) < 4.78 is 38.5. The minimum absolute atomic E-state index is 0.0710. The Morgan fingerprint density at radius 1 is 1.02 bits per heavy atom. The van der Waals surface area contributed by atoms with E-state index in [1.807, 2.05) is 55.5 Å². The van der Waals surface area contributed by atoms with Gasteiger partial charge in [0.05, 0.1) is 35.9 Å². The summed E-state index contributed by atoms with van der Waals surface area (Å²) >= 11 is 7.13. The van der Waals surface area contributed by atoms with Crippen molar-refractivity contribution in [3.8, 4) is 28.3 Å². The highest BCUT2D eigenvalue weighted by Gasteiger charge is 2.58. The average Bonchev–Trinajstić information content (AvgIpc) is 3.72. The van der Waals surface area contributed by atoms with Crippen LogP contribution in [0.1, 0.15) is 65.8 Å². The zero-order chi connectivity index (χ0) is 37.5. The first-order chi connectivity index (χ1) is 25.5. The van der Waals surface area contributed by atoms with Crippen molar-refractivity contribution in [2.45, 2.75) is 52.0 Å². The summed E-state index contributed by atoms with van der Waals surface area (Å²) in [6.07, 6.45) is 3.68. The summed E-state index contributed by atoms with van der Waals surface area (Å²) in [5.41, 5.74) is 5.63. The molecule has 0 unspecified atom stereocenters. The Kier molecular flexibility index (Phi) is 9.86. The van der Waals surface area contributed by atoms with Crippen molar-refractivity contribution in [2.75, 3.05) is 33.1 Å². The lowest BCUT2D eigenvalue weighted by Gasteiger charge is -2.32. The van der Waals surface area contributed by atoms with Crippen LogP contribution >= 0.6 is 11.6 Å². The predicted octanol–water partition coefficient (Wildman–Crippen LogP) is 8.77. The summed E-state index contributed by atoms with van der Waals surface area (Å²) in [6.45, 7) is 3.40. The molecule has 0 aliphatic heterocycles. The number of hydrogen-bond acceptors (Lipinski definition) is 10. The van der Waals surface area contributed by atoms with E-state index in [4.69, 9.17) is 26.1 Å². The molecular formula is C40H39ClF2N6O4. The molecule has 2 bridgehead atoms. The quantitative estimate of drug-likeness (QED) is 0.0982. The number of carbonyl (C=O) groups excluding carboxylic acids is 2. The van der Waals surface area contributed by atoms with E-state index in [0.29, 0.717) is 40.7 Å². The first-order valence-electron chi connectivity index (χ1n) is 17.4. The molecular weight excluding hydrogens is 702 g/mol. The number of aromatic nitrogens is 4. The van der Waals surface area contributed by atoms with E-state index in [1.165, 1.54) is 19.4 Å². The largest absolute Gasteiger partial charge is 0.481 e. The fourth-order valence-corrected chi connectivity index (χ4v) is 8.63. The maximum absolute atomic E-state index is 13.8. The topological polar surface area (TPSA) is 119 Å². The lowest BCUT2D eigenvalue weighted by Crippen LogP contribution is -2.32. The molecule has 0 saturated heterocycles. The fourth-order valence-electron chi connectivity index (χ4n) is 8.30. The van der Waals surface area contributed by atoms with Crippen LogP contribution in [0.15, 0.2) is 60.8 Å². The van der Waals surface area contributed by atoms with E-state index < -0.39 is 12.2 Å². The molecule has 3 aromatic heterocycles. The molecule has 7 rings (SSSR count). The number of ether oxygens (including phenoxy) is 2. The molecule has 2 aliphatic rings. The summed E-state index contributed by atoms with van der Waals surface area (Å²) in [4.78, 5) is 43.3. The van der Waals surface area contributed by atoms with Crippen molar-refractivity contribution >= 4 is 46.4 Å². The van der Waals surface area contributed by atoms with Crippen LogP contribution in [0.4, 0.5) is 20.3 Å². The SMILES string of the molecule is COC(=O)C12CCC(CN(C)Cc3ccc(-c4cccc(-c5cccc(Nc6nc(C(F)F)nc7cc(C=O)cnc67)c5C)c4Cl)nc3OC)(CC1)C2. The monoisotopic (exact) mass is 740 g/mol. The summed E-state index contributed by atoms with van der Waals surface area (Å²) in [7, 11) is 5.18. The Labute approximate surface area is 310 Å². The van der Waals surface area contributed by atoms with E-state index >= 15 is 0 Å². The van der Waals surface area contributed by atoms with Crippen LogP contribution in [-0.4, -0.2) is 64.9 Å². The second-order valence-electron chi connectivity index (χ2n) is 14.2. The summed E-state index contributed by atoms with van der Waals surface area (Å²) in [5, 5.41) is 3.65. The van der Waals surface area contributed by atoms with Crippen LogP contribution < -0.4 is 10.1 Å². The highest BCUT2D eigenvalue weighted by atomic mass is 35.5. The van der Waals surface area contributed by atoms with Crippen molar-refractivity contribution in [2.24, 2.45) is 10.8 Å². The summed E-state index contributed by atoms with van der Waals surface area (Å²) in [5.74, 6) is -0.153. The maximum atomic E-state index is 13.8. The van der Waals surface area contributed by atoms with Gasteiger partial charge in [0.2, 0.25) is 5.88 Å². The van der Waals surface area contributed by atoms with Gasteiger partial charge in [0.15, 0.2) is 17.9 Å². The first-order valence-corrected chi connectivity index (χ1v) is 17.7. The Balaban J connectivity index is 1.14. The molecule has 53 heavy (non-hydrogen) atoms. The van der Waals surface area contributed by atoms with Crippen molar-refractivity contribution in [3.63, 3.8) is 0 Å². The molecule has 5 aromatic rings. The predicted molar refractivity (Wildman–Crippen MR) is 199 cm³/mol. The number of pyridine rings is 2. The Bertz CT molecular complexity index is 2230. The molecule has 3 heterocycles. The van der Waals surface area contributed by atoms with Gasteiger partial charge in [-0.05, 0) is 80.8 Å². The van der Waals surface area contributed by atoms with Gasteiger partial charge in [-0.1, -0.05) is 48.0 Å². The van der Waals surface area contributed by atoms with Crippen LogP contribution in [-0.2, 0) is 16.1 Å². The number of carbonyl (C=O) groups is 2. The van der Waals surface area contributed by atoms with Crippen LogP contribution in [0.25, 0.3) is 33.4 Å². The van der Waals surface area contributed by atoms with Crippen LogP contribution in [0.2, 0.25) is 5.02 Å². The second kappa shape index (κ2) is 14.4. The van der Waals surface area contributed by atoms with Gasteiger partial charge in [-0.15, -0.1) is 0 Å². The minimum Gasteiger partial charge on any atom is -0.481 e. The maximum Gasteiger partial charge on any atom is 0.311 e. The van der Waals surface area contributed by atoms with Gasteiger partial charge in [0.1, 0.15) is 5.52 Å². The van der Waals surface area contributed by atoms with Gasteiger partial charge >= 0.3 is 5.97 Å².